The van der Waals surface area contributed by atoms with Crippen molar-refractivity contribution in [3.63, 3.8) is 0 Å². The average molecular weight is 247 g/mol. The van der Waals surface area contributed by atoms with Crippen LogP contribution in [0.15, 0.2) is 0 Å². The SMILES string of the molecule is CCNC(=O)C(C)NC(=O)N[C@@H](CO)C(=O)O. The molecule has 0 bridgehead atoms. The summed E-state index contributed by atoms with van der Waals surface area (Å²) >= 11 is 0. The third kappa shape index (κ3) is 5.71. The molecule has 0 saturated carbocycles. The lowest BCUT2D eigenvalue weighted by atomic mass is 10.3. The highest BCUT2D eigenvalue weighted by Crippen LogP contribution is 1.85. The average Bonchev–Trinajstić information content (AvgIpc) is 2.25. The van der Waals surface area contributed by atoms with Gasteiger partial charge in [-0.1, -0.05) is 0 Å². The summed E-state index contributed by atoms with van der Waals surface area (Å²) in [5, 5.41) is 24.0. The smallest absolute Gasteiger partial charge is 0.328 e. The van der Waals surface area contributed by atoms with Gasteiger partial charge in [-0.05, 0) is 13.8 Å². The minimum absolute atomic E-state index is 0.376. The first kappa shape index (κ1) is 15.2. The van der Waals surface area contributed by atoms with Crippen molar-refractivity contribution in [2.45, 2.75) is 25.9 Å². The molecule has 0 aliphatic carbocycles. The highest BCUT2D eigenvalue weighted by atomic mass is 16.4. The number of carboxylic acid groups (broad SMARTS) is 1. The third-order valence-corrected chi connectivity index (χ3v) is 1.88. The zero-order valence-corrected chi connectivity index (χ0v) is 9.69. The fourth-order valence-electron chi connectivity index (χ4n) is 0.975. The molecule has 98 valence electrons. The van der Waals surface area contributed by atoms with Crippen LogP contribution in [0, 0.1) is 0 Å². The molecular weight excluding hydrogens is 230 g/mol. The second-order valence-corrected chi connectivity index (χ2v) is 3.31. The van der Waals surface area contributed by atoms with E-state index in [1.165, 1.54) is 6.92 Å². The van der Waals surface area contributed by atoms with E-state index >= 15 is 0 Å². The number of amides is 3. The van der Waals surface area contributed by atoms with Gasteiger partial charge in [-0.3, -0.25) is 4.79 Å². The summed E-state index contributed by atoms with van der Waals surface area (Å²) in [6.45, 7) is 2.90. The number of hydrogen-bond donors (Lipinski definition) is 5. The molecule has 0 heterocycles. The first-order valence-electron chi connectivity index (χ1n) is 5.10. The van der Waals surface area contributed by atoms with Gasteiger partial charge in [-0.2, -0.15) is 0 Å². The lowest BCUT2D eigenvalue weighted by Crippen LogP contribution is -2.53. The zero-order chi connectivity index (χ0) is 13.4. The van der Waals surface area contributed by atoms with Crippen molar-refractivity contribution in [3.05, 3.63) is 0 Å². The molecule has 0 rings (SSSR count). The monoisotopic (exact) mass is 247 g/mol. The Balaban J connectivity index is 4.17. The summed E-state index contributed by atoms with van der Waals surface area (Å²) in [5.74, 6) is -1.73. The fourth-order valence-corrected chi connectivity index (χ4v) is 0.975. The van der Waals surface area contributed by atoms with Crippen LogP contribution >= 0.6 is 0 Å². The molecule has 3 amide bonds. The summed E-state index contributed by atoms with van der Waals surface area (Å²) in [7, 11) is 0. The third-order valence-electron chi connectivity index (χ3n) is 1.88. The van der Waals surface area contributed by atoms with Crippen LogP contribution < -0.4 is 16.0 Å². The van der Waals surface area contributed by atoms with Crippen LogP contribution in [-0.4, -0.2) is 53.4 Å². The van der Waals surface area contributed by atoms with Crippen molar-refractivity contribution in [3.8, 4) is 0 Å². The van der Waals surface area contributed by atoms with Crippen LogP contribution in [0.25, 0.3) is 0 Å². The molecule has 0 fully saturated rings. The predicted octanol–water partition coefficient (Wildman–Crippen LogP) is -1.74. The highest BCUT2D eigenvalue weighted by molar-refractivity contribution is 5.88. The van der Waals surface area contributed by atoms with E-state index in [2.05, 4.69) is 10.6 Å². The van der Waals surface area contributed by atoms with Crippen LogP contribution in [0.4, 0.5) is 4.79 Å². The predicted molar refractivity (Wildman–Crippen MR) is 58.3 cm³/mol. The van der Waals surface area contributed by atoms with Crippen molar-refractivity contribution in [1.82, 2.24) is 16.0 Å². The summed E-state index contributed by atoms with van der Waals surface area (Å²) in [6, 6.07) is -3.01. The molecule has 0 aromatic heterocycles. The Morgan fingerprint density at radius 3 is 2.24 bits per heavy atom. The van der Waals surface area contributed by atoms with E-state index in [9.17, 15) is 14.4 Å². The standard InChI is InChI=1S/C9H17N3O5/c1-3-10-7(14)5(2)11-9(17)12-6(4-13)8(15)16/h5-6,13H,3-4H2,1-2H3,(H,10,14)(H,15,16)(H2,11,12,17)/t5?,6-/m0/s1. The molecule has 0 aliphatic rings. The molecule has 1 unspecified atom stereocenters. The molecule has 0 spiro atoms. The number of urea groups is 1. The minimum Gasteiger partial charge on any atom is -0.480 e. The largest absolute Gasteiger partial charge is 0.480 e. The van der Waals surface area contributed by atoms with Crippen LogP contribution in [0.5, 0.6) is 0 Å². The lowest BCUT2D eigenvalue weighted by Gasteiger charge is -2.16. The van der Waals surface area contributed by atoms with E-state index in [-0.39, 0.29) is 5.91 Å². The van der Waals surface area contributed by atoms with Gasteiger partial charge < -0.3 is 26.2 Å². The molecule has 0 aromatic rings. The number of rotatable bonds is 6. The van der Waals surface area contributed by atoms with Gasteiger partial charge in [0, 0.05) is 6.54 Å². The number of likely N-dealkylation sites (N-methyl/N-ethyl adjacent to an activating group) is 1. The van der Waals surface area contributed by atoms with E-state index in [1.807, 2.05) is 5.32 Å². The Kier molecular flexibility index (Phi) is 6.64. The lowest BCUT2D eigenvalue weighted by molar-refractivity contribution is -0.140. The molecule has 8 nitrogen and oxygen atoms in total. The Labute approximate surface area is 98.4 Å². The van der Waals surface area contributed by atoms with Gasteiger partial charge in [0.1, 0.15) is 6.04 Å². The van der Waals surface area contributed by atoms with Crippen molar-refractivity contribution in [2.24, 2.45) is 0 Å². The topological polar surface area (TPSA) is 128 Å². The molecule has 2 atom stereocenters. The molecule has 5 N–H and O–H groups in total. The van der Waals surface area contributed by atoms with Crippen molar-refractivity contribution in [2.75, 3.05) is 13.2 Å². The maximum Gasteiger partial charge on any atom is 0.328 e. The molecule has 0 aromatic carbocycles. The van der Waals surface area contributed by atoms with Crippen LogP contribution in [-0.2, 0) is 9.59 Å². The molecule has 0 radical (unpaired) electrons. The molecule has 0 saturated heterocycles. The normalized spacial score (nSPS) is 13.4. The molecule has 0 aliphatic heterocycles. The van der Waals surface area contributed by atoms with Gasteiger partial charge >= 0.3 is 12.0 Å². The Bertz CT molecular complexity index is 294. The van der Waals surface area contributed by atoms with E-state index < -0.39 is 30.7 Å². The minimum atomic E-state index is -1.39. The highest BCUT2D eigenvalue weighted by Gasteiger charge is 2.21. The first-order valence-corrected chi connectivity index (χ1v) is 5.10. The second-order valence-electron chi connectivity index (χ2n) is 3.31. The maximum atomic E-state index is 11.3. The van der Waals surface area contributed by atoms with Crippen LogP contribution in [0.2, 0.25) is 0 Å². The van der Waals surface area contributed by atoms with Crippen molar-refractivity contribution in [1.29, 1.82) is 0 Å². The number of carbonyl (C=O) groups excluding carboxylic acids is 2. The number of hydrogen-bond acceptors (Lipinski definition) is 4. The molecular formula is C9H17N3O5. The Hall–Kier alpha value is -1.83. The van der Waals surface area contributed by atoms with Gasteiger partial charge in [0.05, 0.1) is 6.61 Å². The Morgan fingerprint density at radius 1 is 1.24 bits per heavy atom. The van der Waals surface area contributed by atoms with Crippen molar-refractivity contribution >= 4 is 17.9 Å². The number of carboxylic acids is 1. The zero-order valence-electron chi connectivity index (χ0n) is 9.69. The fraction of sp³-hybridized carbons (Fsp3) is 0.667. The molecule has 8 heteroatoms. The summed E-state index contributed by atoms with van der Waals surface area (Å²) in [4.78, 5) is 33.0. The summed E-state index contributed by atoms with van der Waals surface area (Å²) in [6.07, 6.45) is 0. The maximum absolute atomic E-state index is 11.3. The summed E-state index contributed by atoms with van der Waals surface area (Å²) < 4.78 is 0. The number of carbonyl (C=O) groups is 3. The number of aliphatic carboxylic acids is 1. The number of nitrogens with one attached hydrogen (secondary N) is 3. The quantitative estimate of drug-likeness (QED) is 0.380. The van der Waals surface area contributed by atoms with Gasteiger partial charge in [0.15, 0.2) is 6.04 Å². The van der Waals surface area contributed by atoms with E-state index in [0.29, 0.717) is 6.54 Å². The van der Waals surface area contributed by atoms with Gasteiger partial charge in [-0.25, -0.2) is 9.59 Å². The van der Waals surface area contributed by atoms with Gasteiger partial charge in [-0.15, -0.1) is 0 Å². The molecule has 17 heavy (non-hydrogen) atoms. The first-order chi connectivity index (χ1) is 7.92. The van der Waals surface area contributed by atoms with E-state index in [1.54, 1.807) is 6.92 Å². The van der Waals surface area contributed by atoms with E-state index in [4.69, 9.17) is 10.2 Å². The van der Waals surface area contributed by atoms with Crippen LogP contribution in [0.1, 0.15) is 13.8 Å². The summed E-state index contributed by atoms with van der Waals surface area (Å²) in [5.41, 5.74) is 0. The van der Waals surface area contributed by atoms with Crippen molar-refractivity contribution < 1.29 is 24.6 Å². The van der Waals surface area contributed by atoms with Gasteiger partial charge in [0.2, 0.25) is 5.91 Å². The number of aliphatic hydroxyl groups is 1. The van der Waals surface area contributed by atoms with Gasteiger partial charge in [0.25, 0.3) is 0 Å². The Morgan fingerprint density at radius 2 is 1.82 bits per heavy atom. The second kappa shape index (κ2) is 7.44. The van der Waals surface area contributed by atoms with Crippen LogP contribution in [0.3, 0.4) is 0 Å². The number of aliphatic hydroxyl groups excluding tert-OH is 1. The van der Waals surface area contributed by atoms with E-state index in [0.717, 1.165) is 0 Å².